The van der Waals surface area contributed by atoms with E-state index in [1.54, 1.807) is 43.4 Å². The Morgan fingerprint density at radius 3 is 2.59 bits per heavy atom. The van der Waals surface area contributed by atoms with Crippen molar-refractivity contribution in [3.8, 4) is 0 Å². The van der Waals surface area contributed by atoms with Crippen LogP contribution in [0.25, 0.3) is 0 Å². The van der Waals surface area contributed by atoms with Crippen molar-refractivity contribution < 1.29 is 19.1 Å². The van der Waals surface area contributed by atoms with Crippen LogP contribution in [0.4, 0.5) is 0 Å². The molecule has 1 unspecified atom stereocenters. The average molecular weight is 302 g/mol. The quantitative estimate of drug-likeness (QED) is 0.840. The van der Waals surface area contributed by atoms with E-state index in [0.717, 1.165) is 0 Å². The molecule has 1 aromatic heterocycles. The maximum Gasteiger partial charge on any atom is 0.254 e. The first-order chi connectivity index (χ1) is 10.6. The molecule has 0 aliphatic carbocycles. The monoisotopic (exact) mass is 302 g/mol. The van der Waals surface area contributed by atoms with Crippen molar-refractivity contribution in [3.63, 3.8) is 0 Å². The number of likely N-dealkylation sites (N-methyl/N-ethyl adjacent to an activating group) is 1. The predicted octanol–water partition coefficient (Wildman–Crippen LogP) is 1.20. The van der Waals surface area contributed by atoms with Gasteiger partial charge in [-0.1, -0.05) is 18.2 Å². The molecule has 2 amide bonds. The molecule has 0 saturated heterocycles. The zero-order chi connectivity index (χ0) is 15.9. The van der Waals surface area contributed by atoms with Crippen LogP contribution in [0.5, 0.6) is 0 Å². The number of aliphatic hydroxyl groups excluding tert-OH is 1. The maximum atomic E-state index is 12.1. The summed E-state index contributed by atoms with van der Waals surface area (Å²) in [5.41, 5.74) is 0.522. The third-order valence-corrected chi connectivity index (χ3v) is 3.11. The molecule has 2 aromatic rings. The Morgan fingerprint density at radius 2 is 1.95 bits per heavy atom. The molecule has 2 N–H and O–H groups in total. The van der Waals surface area contributed by atoms with E-state index in [1.807, 2.05) is 6.07 Å². The Kier molecular flexibility index (Phi) is 5.32. The summed E-state index contributed by atoms with van der Waals surface area (Å²) in [6, 6.07) is 12.0. The fourth-order valence-corrected chi connectivity index (χ4v) is 1.94. The topological polar surface area (TPSA) is 82.8 Å². The molecule has 0 spiro atoms. The number of furan rings is 1. The minimum atomic E-state index is -0.908. The highest BCUT2D eigenvalue weighted by atomic mass is 16.4. The number of rotatable bonds is 6. The largest absolute Gasteiger partial charge is 0.467 e. The standard InChI is InChI=1S/C16H18N2O4/c1-18(16(21)12-6-3-2-4-7-12)11-15(20)17-10-13(19)14-8-5-9-22-14/h2-9,13,19H,10-11H2,1H3,(H,17,20). The van der Waals surface area contributed by atoms with Crippen LogP contribution < -0.4 is 5.32 Å². The molecule has 0 bridgehead atoms. The fourth-order valence-electron chi connectivity index (χ4n) is 1.94. The number of amides is 2. The Morgan fingerprint density at radius 1 is 1.23 bits per heavy atom. The summed E-state index contributed by atoms with van der Waals surface area (Å²) >= 11 is 0. The molecule has 0 radical (unpaired) electrons. The smallest absolute Gasteiger partial charge is 0.254 e. The predicted molar refractivity (Wildman–Crippen MR) is 80.1 cm³/mol. The summed E-state index contributed by atoms with van der Waals surface area (Å²) in [7, 11) is 1.55. The number of nitrogens with zero attached hydrogens (tertiary/aromatic N) is 1. The van der Waals surface area contributed by atoms with Crippen LogP contribution in [0, 0.1) is 0 Å². The molecule has 1 atom stereocenters. The van der Waals surface area contributed by atoms with Crippen LogP contribution in [-0.2, 0) is 4.79 Å². The van der Waals surface area contributed by atoms with Crippen LogP contribution in [0.3, 0.4) is 0 Å². The molecular weight excluding hydrogens is 284 g/mol. The molecule has 6 nitrogen and oxygen atoms in total. The fraction of sp³-hybridized carbons (Fsp3) is 0.250. The van der Waals surface area contributed by atoms with Crippen molar-refractivity contribution in [3.05, 3.63) is 60.1 Å². The minimum absolute atomic E-state index is 0.0275. The molecule has 116 valence electrons. The molecule has 6 heteroatoms. The van der Waals surface area contributed by atoms with E-state index in [9.17, 15) is 14.7 Å². The number of carbonyl (C=O) groups is 2. The number of benzene rings is 1. The van der Waals surface area contributed by atoms with E-state index >= 15 is 0 Å². The summed E-state index contributed by atoms with van der Waals surface area (Å²) < 4.78 is 5.04. The third-order valence-electron chi connectivity index (χ3n) is 3.11. The van der Waals surface area contributed by atoms with Crippen molar-refractivity contribution >= 4 is 11.8 Å². The normalized spacial score (nSPS) is 11.7. The highest BCUT2D eigenvalue weighted by Gasteiger charge is 2.16. The second-order valence-corrected chi connectivity index (χ2v) is 4.86. The Labute approximate surface area is 128 Å². The second-order valence-electron chi connectivity index (χ2n) is 4.86. The first-order valence-electron chi connectivity index (χ1n) is 6.86. The number of hydrogen-bond donors (Lipinski definition) is 2. The van der Waals surface area contributed by atoms with Gasteiger partial charge in [0.15, 0.2) is 0 Å². The Bertz CT molecular complexity index is 610. The molecule has 0 aliphatic rings. The molecular formula is C16H18N2O4. The molecule has 0 aliphatic heterocycles. The highest BCUT2D eigenvalue weighted by molar-refractivity contribution is 5.96. The van der Waals surface area contributed by atoms with E-state index in [0.29, 0.717) is 11.3 Å². The van der Waals surface area contributed by atoms with Crippen LogP contribution in [-0.4, -0.2) is 42.0 Å². The first kappa shape index (κ1) is 15.8. The highest BCUT2D eigenvalue weighted by Crippen LogP contribution is 2.11. The molecule has 22 heavy (non-hydrogen) atoms. The van der Waals surface area contributed by atoms with Gasteiger partial charge in [-0.05, 0) is 24.3 Å². The number of aliphatic hydroxyl groups is 1. The van der Waals surface area contributed by atoms with Gasteiger partial charge in [-0.3, -0.25) is 9.59 Å². The van der Waals surface area contributed by atoms with Crippen LogP contribution >= 0.6 is 0 Å². The summed E-state index contributed by atoms with van der Waals surface area (Å²) in [6.07, 6.45) is 0.543. The molecule has 0 saturated carbocycles. The van der Waals surface area contributed by atoms with Crippen LogP contribution in [0.15, 0.2) is 53.1 Å². The zero-order valence-electron chi connectivity index (χ0n) is 12.2. The van der Waals surface area contributed by atoms with Gasteiger partial charge in [0.05, 0.1) is 19.4 Å². The van der Waals surface area contributed by atoms with Crippen molar-refractivity contribution in [1.29, 1.82) is 0 Å². The van der Waals surface area contributed by atoms with Crippen molar-refractivity contribution in [1.82, 2.24) is 10.2 Å². The van der Waals surface area contributed by atoms with Gasteiger partial charge >= 0.3 is 0 Å². The lowest BCUT2D eigenvalue weighted by Crippen LogP contribution is -2.39. The van der Waals surface area contributed by atoms with Crippen LogP contribution in [0.2, 0.25) is 0 Å². The maximum absolute atomic E-state index is 12.1. The number of nitrogens with one attached hydrogen (secondary N) is 1. The molecule has 2 rings (SSSR count). The van der Waals surface area contributed by atoms with E-state index in [4.69, 9.17) is 4.42 Å². The van der Waals surface area contributed by atoms with Crippen molar-refractivity contribution in [2.75, 3.05) is 20.1 Å². The van der Waals surface area contributed by atoms with Gasteiger partial charge in [0.2, 0.25) is 5.91 Å². The molecule has 0 fully saturated rings. The number of hydrogen-bond acceptors (Lipinski definition) is 4. The lowest BCUT2D eigenvalue weighted by molar-refractivity contribution is -0.122. The van der Waals surface area contributed by atoms with Gasteiger partial charge in [-0.15, -0.1) is 0 Å². The molecule has 1 heterocycles. The van der Waals surface area contributed by atoms with Gasteiger partial charge < -0.3 is 19.7 Å². The average Bonchev–Trinajstić information content (AvgIpc) is 3.07. The van der Waals surface area contributed by atoms with Gasteiger partial charge in [-0.2, -0.15) is 0 Å². The van der Waals surface area contributed by atoms with Crippen molar-refractivity contribution in [2.24, 2.45) is 0 Å². The summed E-state index contributed by atoms with van der Waals surface area (Å²) in [5, 5.41) is 12.4. The van der Waals surface area contributed by atoms with Gasteiger partial charge in [0, 0.05) is 12.6 Å². The van der Waals surface area contributed by atoms with E-state index < -0.39 is 6.10 Å². The van der Waals surface area contributed by atoms with Gasteiger partial charge in [0.1, 0.15) is 11.9 Å². The molecule has 1 aromatic carbocycles. The number of carbonyl (C=O) groups excluding carboxylic acids is 2. The van der Waals surface area contributed by atoms with Gasteiger partial charge in [-0.25, -0.2) is 0 Å². The van der Waals surface area contributed by atoms with Gasteiger partial charge in [0.25, 0.3) is 5.91 Å². The third kappa shape index (κ3) is 4.20. The lowest BCUT2D eigenvalue weighted by atomic mass is 10.2. The first-order valence-corrected chi connectivity index (χ1v) is 6.86. The summed E-state index contributed by atoms with van der Waals surface area (Å²) in [6.45, 7) is -0.0572. The van der Waals surface area contributed by atoms with E-state index in [2.05, 4.69) is 5.32 Å². The van der Waals surface area contributed by atoms with E-state index in [1.165, 1.54) is 11.2 Å². The minimum Gasteiger partial charge on any atom is -0.467 e. The van der Waals surface area contributed by atoms with E-state index in [-0.39, 0.29) is 24.9 Å². The Hall–Kier alpha value is -2.60. The zero-order valence-corrected chi connectivity index (χ0v) is 12.2. The van der Waals surface area contributed by atoms with Crippen LogP contribution in [0.1, 0.15) is 22.2 Å². The summed E-state index contributed by atoms with van der Waals surface area (Å²) in [5.74, 6) is -0.200. The second kappa shape index (κ2) is 7.42. The van der Waals surface area contributed by atoms with Crippen molar-refractivity contribution in [2.45, 2.75) is 6.10 Å². The lowest BCUT2D eigenvalue weighted by Gasteiger charge is -2.17. The Balaban J connectivity index is 1.80. The SMILES string of the molecule is CN(CC(=O)NCC(O)c1ccco1)C(=O)c1ccccc1. The summed E-state index contributed by atoms with van der Waals surface area (Å²) in [4.78, 5) is 25.2.